The van der Waals surface area contributed by atoms with E-state index in [1.807, 2.05) is 11.3 Å². The van der Waals surface area contributed by atoms with Crippen molar-refractivity contribution in [2.24, 2.45) is 0 Å². The number of nitrogens with zero attached hydrogens (tertiary/aromatic N) is 1. The summed E-state index contributed by atoms with van der Waals surface area (Å²) in [5.41, 5.74) is 8.28. The first-order valence-electron chi connectivity index (χ1n) is 17.1. The summed E-state index contributed by atoms with van der Waals surface area (Å²) in [5, 5.41) is 10.1. The third-order valence-electron chi connectivity index (χ3n) is 10.0. The molecule has 0 fully saturated rings. The molecule has 50 heavy (non-hydrogen) atoms. The van der Waals surface area contributed by atoms with Gasteiger partial charge >= 0.3 is 0 Å². The van der Waals surface area contributed by atoms with Crippen LogP contribution in [0.2, 0.25) is 0 Å². The highest BCUT2D eigenvalue weighted by Gasteiger charge is 2.21. The molecule has 0 aliphatic rings. The van der Waals surface area contributed by atoms with Crippen LogP contribution in [0, 0.1) is 0 Å². The number of fused-ring (bicyclic) bond motifs is 7. The molecule has 9 aromatic carbocycles. The van der Waals surface area contributed by atoms with Gasteiger partial charge in [-0.1, -0.05) is 152 Å². The van der Waals surface area contributed by atoms with Crippen LogP contribution in [0.1, 0.15) is 0 Å². The van der Waals surface area contributed by atoms with Gasteiger partial charge in [-0.25, -0.2) is 0 Å². The summed E-state index contributed by atoms with van der Waals surface area (Å²) in [4.78, 5) is 2.46. The quantitative estimate of drug-likeness (QED) is 0.167. The molecule has 0 unspecified atom stereocenters. The first-order valence-corrected chi connectivity index (χ1v) is 17.9. The summed E-state index contributed by atoms with van der Waals surface area (Å²) in [6, 6.07) is 68.8. The van der Waals surface area contributed by atoms with Crippen molar-refractivity contribution in [3.8, 4) is 22.3 Å². The monoisotopic (exact) mass is 653 g/mol. The van der Waals surface area contributed by atoms with E-state index >= 15 is 0 Å². The molecule has 0 aliphatic heterocycles. The van der Waals surface area contributed by atoms with Gasteiger partial charge in [0.1, 0.15) is 0 Å². The molecule has 1 heterocycles. The molecule has 0 aliphatic carbocycles. The van der Waals surface area contributed by atoms with E-state index in [-0.39, 0.29) is 0 Å². The highest BCUT2D eigenvalue weighted by molar-refractivity contribution is 7.25. The lowest BCUT2D eigenvalue weighted by Crippen LogP contribution is -2.12. The van der Waals surface area contributed by atoms with Crippen LogP contribution in [-0.4, -0.2) is 0 Å². The van der Waals surface area contributed by atoms with E-state index in [1.54, 1.807) is 0 Å². The van der Waals surface area contributed by atoms with Gasteiger partial charge in [-0.2, -0.15) is 0 Å². The number of hydrogen-bond donors (Lipinski definition) is 0. The number of anilines is 3. The fourth-order valence-corrected chi connectivity index (χ4v) is 8.85. The maximum absolute atomic E-state index is 2.46. The van der Waals surface area contributed by atoms with Crippen LogP contribution < -0.4 is 4.90 Å². The molecule has 0 radical (unpaired) electrons. The van der Waals surface area contributed by atoms with Gasteiger partial charge in [0.15, 0.2) is 0 Å². The summed E-state index contributed by atoms with van der Waals surface area (Å²) in [5.74, 6) is 0. The van der Waals surface area contributed by atoms with Crippen LogP contribution >= 0.6 is 11.3 Å². The van der Waals surface area contributed by atoms with E-state index in [4.69, 9.17) is 0 Å². The minimum absolute atomic E-state index is 1.12. The van der Waals surface area contributed by atoms with Gasteiger partial charge < -0.3 is 4.90 Å². The lowest BCUT2D eigenvalue weighted by Gasteiger charge is -2.30. The van der Waals surface area contributed by atoms with E-state index in [0.717, 1.165) is 17.1 Å². The molecule has 10 rings (SSSR count). The van der Waals surface area contributed by atoms with Crippen LogP contribution in [0.5, 0.6) is 0 Å². The Labute approximate surface area is 294 Å². The van der Waals surface area contributed by atoms with Crippen LogP contribution in [0.25, 0.3) is 74.7 Å². The fraction of sp³-hybridized carbons (Fsp3) is 0. The second-order valence-corrected chi connectivity index (χ2v) is 14.0. The second-order valence-electron chi connectivity index (χ2n) is 12.9. The second kappa shape index (κ2) is 11.7. The molecule has 0 amide bonds. The molecule has 2 heteroatoms. The van der Waals surface area contributed by atoms with E-state index in [1.165, 1.54) is 74.7 Å². The molecule has 0 N–H and O–H groups in total. The van der Waals surface area contributed by atoms with Gasteiger partial charge in [0.2, 0.25) is 0 Å². The summed E-state index contributed by atoms with van der Waals surface area (Å²) in [6.45, 7) is 0. The predicted octanol–water partition coefficient (Wildman–Crippen LogP) is 14.3. The molecule has 0 saturated carbocycles. The predicted molar refractivity (Wildman–Crippen MR) is 217 cm³/mol. The van der Waals surface area contributed by atoms with Crippen LogP contribution in [0.15, 0.2) is 188 Å². The minimum atomic E-state index is 1.12. The Morgan fingerprint density at radius 2 is 0.920 bits per heavy atom. The Kier molecular flexibility index (Phi) is 6.75. The molecule has 1 nitrogen and oxygen atoms in total. The van der Waals surface area contributed by atoms with Crippen molar-refractivity contribution in [2.45, 2.75) is 0 Å². The Hall–Kier alpha value is -6.22. The maximum atomic E-state index is 2.46. The lowest BCUT2D eigenvalue weighted by molar-refractivity contribution is 1.30. The third kappa shape index (κ3) is 4.69. The van der Waals surface area contributed by atoms with Gasteiger partial charge in [-0.15, -0.1) is 11.3 Å². The number of rotatable bonds is 5. The van der Waals surface area contributed by atoms with Crippen LogP contribution in [0.4, 0.5) is 17.1 Å². The first-order chi connectivity index (χ1) is 24.8. The lowest BCUT2D eigenvalue weighted by atomic mass is 9.96. The number of para-hydroxylation sites is 1. The molecule has 0 atom stereocenters. The fourth-order valence-electron chi connectivity index (χ4n) is 7.70. The van der Waals surface area contributed by atoms with Crippen molar-refractivity contribution < 1.29 is 0 Å². The number of hydrogen-bond acceptors (Lipinski definition) is 2. The summed E-state index contributed by atoms with van der Waals surface area (Å²) in [7, 11) is 0. The minimum Gasteiger partial charge on any atom is -0.309 e. The molecule has 0 spiro atoms. The zero-order valence-electron chi connectivity index (χ0n) is 27.3. The largest absolute Gasteiger partial charge is 0.309 e. The average molecular weight is 654 g/mol. The van der Waals surface area contributed by atoms with Crippen LogP contribution in [-0.2, 0) is 0 Å². The molecular formula is C48H31NS. The van der Waals surface area contributed by atoms with Gasteiger partial charge in [0.05, 0.1) is 11.4 Å². The Morgan fingerprint density at radius 1 is 0.320 bits per heavy atom. The van der Waals surface area contributed by atoms with Gasteiger partial charge in [0, 0.05) is 36.8 Å². The van der Waals surface area contributed by atoms with Crippen molar-refractivity contribution in [1.82, 2.24) is 0 Å². The van der Waals surface area contributed by atoms with Crippen LogP contribution in [0.3, 0.4) is 0 Å². The van der Waals surface area contributed by atoms with Gasteiger partial charge in [-0.3, -0.25) is 0 Å². The highest BCUT2D eigenvalue weighted by Crippen LogP contribution is 2.46. The molecule has 1 aromatic heterocycles. The van der Waals surface area contributed by atoms with Crippen molar-refractivity contribution in [3.63, 3.8) is 0 Å². The standard InChI is InChI=1S/C48H31NS/c1-3-15-37-32(12-1)14-11-21-38(37)33-24-27-36(28-25-33)49(46-30-34-13-2-4-16-39(34)41-18-5-6-19-42(41)46)45-22-9-7-17-40(45)35-26-29-44-43-20-8-10-23-47(43)50-48(44)31-35/h1-31H. The first kappa shape index (κ1) is 28.8. The van der Waals surface area contributed by atoms with Gasteiger partial charge in [0.25, 0.3) is 0 Å². The van der Waals surface area contributed by atoms with E-state index in [9.17, 15) is 0 Å². The number of benzene rings is 9. The molecule has 10 aromatic rings. The molecule has 234 valence electrons. The van der Waals surface area contributed by atoms with E-state index in [2.05, 4.69) is 193 Å². The Morgan fingerprint density at radius 3 is 1.78 bits per heavy atom. The van der Waals surface area contributed by atoms with Crippen molar-refractivity contribution in [1.29, 1.82) is 0 Å². The Bertz CT molecular complexity index is 2870. The summed E-state index contributed by atoms with van der Waals surface area (Å²) >= 11 is 1.87. The zero-order valence-corrected chi connectivity index (χ0v) is 28.1. The van der Waals surface area contributed by atoms with E-state index < -0.39 is 0 Å². The normalized spacial score (nSPS) is 11.6. The molecule has 0 saturated heterocycles. The van der Waals surface area contributed by atoms with Crippen molar-refractivity contribution >= 4 is 80.9 Å². The van der Waals surface area contributed by atoms with Crippen molar-refractivity contribution in [2.75, 3.05) is 4.90 Å². The SMILES string of the molecule is c1ccc(N(c2ccc(-c3cccc4ccccc34)cc2)c2cc3ccccc3c3ccccc23)c(-c2ccc3c(c2)sc2ccccc23)c1. The summed E-state index contributed by atoms with van der Waals surface area (Å²) in [6.07, 6.45) is 0. The van der Waals surface area contributed by atoms with Crippen molar-refractivity contribution in [3.05, 3.63) is 188 Å². The molecule has 0 bridgehead atoms. The third-order valence-corrected chi connectivity index (χ3v) is 11.2. The van der Waals surface area contributed by atoms with Gasteiger partial charge in [-0.05, 0) is 80.0 Å². The average Bonchev–Trinajstić information content (AvgIpc) is 3.56. The smallest absolute Gasteiger partial charge is 0.0546 e. The Balaban J connectivity index is 1.20. The topological polar surface area (TPSA) is 3.24 Å². The maximum Gasteiger partial charge on any atom is 0.0546 e. The van der Waals surface area contributed by atoms with E-state index in [0.29, 0.717) is 0 Å². The summed E-state index contributed by atoms with van der Waals surface area (Å²) < 4.78 is 2.63. The molecular weight excluding hydrogens is 623 g/mol. The highest BCUT2D eigenvalue weighted by atomic mass is 32.1. The number of thiophene rings is 1. The zero-order chi connectivity index (χ0) is 33.0.